The largest absolute Gasteiger partial charge is 0.507 e. The third kappa shape index (κ3) is 4.74. The number of rotatable bonds is 7. The Hall–Kier alpha value is -3.80. The fraction of sp³-hybridized carbons (Fsp3) is 0.310. The molecule has 0 aliphatic carbocycles. The highest BCUT2D eigenvalue weighted by Crippen LogP contribution is 2.42. The zero-order valence-corrected chi connectivity index (χ0v) is 20.7. The van der Waals surface area contributed by atoms with Gasteiger partial charge in [-0.2, -0.15) is 0 Å². The van der Waals surface area contributed by atoms with Gasteiger partial charge in [-0.1, -0.05) is 39.8 Å². The number of ether oxygens (including phenoxy) is 1. The van der Waals surface area contributed by atoms with E-state index in [4.69, 9.17) is 9.15 Å². The minimum Gasteiger partial charge on any atom is -0.507 e. The number of nitrogens with zero attached hydrogens (tertiary/aromatic N) is 1. The van der Waals surface area contributed by atoms with Crippen molar-refractivity contribution in [2.24, 2.45) is 5.92 Å². The molecule has 0 saturated carbocycles. The Balaban J connectivity index is 1.79. The van der Waals surface area contributed by atoms with E-state index in [-0.39, 0.29) is 11.3 Å². The highest BCUT2D eigenvalue weighted by Gasteiger charge is 2.48. The molecule has 1 N–H and O–H groups in total. The van der Waals surface area contributed by atoms with Crippen LogP contribution >= 0.6 is 0 Å². The van der Waals surface area contributed by atoms with Crippen molar-refractivity contribution in [1.82, 2.24) is 0 Å². The maximum atomic E-state index is 13.2. The van der Waals surface area contributed by atoms with Crippen LogP contribution in [0.1, 0.15) is 62.1 Å². The Morgan fingerprint density at radius 3 is 2.34 bits per heavy atom. The fourth-order valence-electron chi connectivity index (χ4n) is 4.21. The zero-order valence-electron chi connectivity index (χ0n) is 20.7. The van der Waals surface area contributed by atoms with Crippen molar-refractivity contribution in [3.05, 3.63) is 88.9 Å². The van der Waals surface area contributed by atoms with Gasteiger partial charge in [0.15, 0.2) is 0 Å². The molecule has 4 rings (SSSR count). The molecular weight excluding hydrogens is 442 g/mol. The van der Waals surface area contributed by atoms with Crippen LogP contribution in [0.15, 0.2) is 70.9 Å². The molecule has 3 aromatic rings. The molecule has 35 heavy (non-hydrogen) atoms. The molecule has 1 aliphatic rings. The van der Waals surface area contributed by atoms with E-state index in [9.17, 15) is 14.7 Å². The zero-order chi connectivity index (χ0) is 25.3. The van der Waals surface area contributed by atoms with Crippen molar-refractivity contribution in [2.45, 2.75) is 46.6 Å². The average molecular weight is 474 g/mol. The standard InChI is InChI=1S/C29H31NO5/c1-17(2)16-35-23-13-10-21(15-19(23)5)27(31)25-26(24-7-6-14-34-24)30(29(33)28(25)32)22-11-8-20(9-12-22)18(3)4/h6-15,17-18,26,31H,16H2,1-5H3/b27-25-. The first-order chi connectivity index (χ1) is 16.7. The Labute approximate surface area is 205 Å². The number of furan rings is 1. The van der Waals surface area contributed by atoms with Gasteiger partial charge in [0.1, 0.15) is 23.3 Å². The second kappa shape index (κ2) is 9.82. The van der Waals surface area contributed by atoms with Gasteiger partial charge in [0.05, 0.1) is 18.4 Å². The third-order valence-electron chi connectivity index (χ3n) is 6.12. The lowest BCUT2D eigenvalue weighted by Crippen LogP contribution is -2.29. The van der Waals surface area contributed by atoms with E-state index in [0.717, 1.165) is 11.1 Å². The van der Waals surface area contributed by atoms with Gasteiger partial charge in [-0.15, -0.1) is 0 Å². The van der Waals surface area contributed by atoms with Crippen LogP contribution in [0.4, 0.5) is 5.69 Å². The second-order valence-electron chi connectivity index (χ2n) is 9.62. The van der Waals surface area contributed by atoms with Crippen molar-refractivity contribution in [3.8, 4) is 5.75 Å². The summed E-state index contributed by atoms with van der Waals surface area (Å²) in [5.74, 6) is 0.103. The van der Waals surface area contributed by atoms with Crippen LogP contribution in [0.2, 0.25) is 0 Å². The number of aryl methyl sites for hydroxylation is 1. The monoisotopic (exact) mass is 473 g/mol. The highest BCUT2D eigenvalue weighted by molar-refractivity contribution is 6.51. The summed E-state index contributed by atoms with van der Waals surface area (Å²) in [5.41, 5.74) is 2.93. The van der Waals surface area contributed by atoms with Crippen LogP contribution in [0, 0.1) is 12.8 Å². The van der Waals surface area contributed by atoms with Crippen LogP contribution in [0.25, 0.3) is 5.76 Å². The number of carbonyl (C=O) groups excluding carboxylic acids is 2. The third-order valence-corrected chi connectivity index (χ3v) is 6.12. The molecule has 2 heterocycles. The number of aliphatic hydroxyl groups is 1. The summed E-state index contributed by atoms with van der Waals surface area (Å²) >= 11 is 0. The number of carbonyl (C=O) groups is 2. The van der Waals surface area contributed by atoms with Crippen molar-refractivity contribution in [2.75, 3.05) is 11.5 Å². The van der Waals surface area contributed by atoms with E-state index < -0.39 is 17.7 Å². The summed E-state index contributed by atoms with van der Waals surface area (Å²) in [5, 5.41) is 11.3. The van der Waals surface area contributed by atoms with E-state index in [2.05, 4.69) is 27.7 Å². The molecule has 0 bridgehead atoms. The Bertz CT molecular complexity index is 1250. The number of amides is 1. The predicted molar refractivity (Wildman–Crippen MR) is 136 cm³/mol. The number of benzene rings is 2. The van der Waals surface area contributed by atoms with Gasteiger partial charge in [0.25, 0.3) is 11.7 Å². The molecule has 1 fully saturated rings. The van der Waals surface area contributed by atoms with Crippen LogP contribution in [0.5, 0.6) is 5.75 Å². The molecule has 6 nitrogen and oxygen atoms in total. The van der Waals surface area contributed by atoms with Crippen LogP contribution in [0.3, 0.4) is 0 Å². The van der Waals surface area contributed by atoms with Crippen molar-refractivity contribution >= 4 is 23.1 Å². The molecule has 2 aromatic carbocycles. The lowest BCUT2D eigenvalue weighted by Gasteiger charge is -2.24. The number of aliphatic hydroxyl groups excluding tert-OH is 1. The normalized spacial score (nSPS) is 17.6. The minimum atomic E-state index is -0.882. The Kier molecular flexibility index (Phi) is 6.83. The second-order valence-corrected chi connectivity index (χ2v) is 9.62. The molecule has 0 radical (unpaired) electrons. The Morgan fingerprint density at radius 1 is 1.06 bits per heavy atom. The van der Waals surface area contributed by atoms with Crippen LogP contribution in [-0.2, 0) is 9.59 Å². The molecule has 1 aromatic heterocycles. The van der Waals surface area contributed by atoms with Crippen LogP contribution in [-0.4, -0.2) is 23.4 Å². The number of ketones is 1. The van der Waals surface area contributed by atoms with Crippen molar-refractivity contribution in [3.63, 3.8) is 0 Å². The van der Waals surface area contributed by atoms with E-state index in [1.165, 1.54) is 11.2 Å². The number of anilines is 1. The first-order valence-electron chi connectivity index (χ1n) is 11.9. The summed E-state index contributed by atoms with van der Waals surface area (Å²) in [6.07, 6.45) is 1.49. The lowest BCUT2D eigenvalue weighted by molar-refractivity contribution is -0.132. The maximum Gasteiger partial charge on any atom is 0.300 e. The van der Waals surface area contributed by atoms with Gasteiger partial charge in [-0.25, -0.2) is 0 Å². The molecule has 6 heteroatoms. The van der Waals surface area contributed by atoms with E-state index in [1.54, 1.807) is 30.3 Å². The number of hydrogen-bond acceptors (Lipinski definition) is 5. The highest BCUT2D eigenvalue weighted by atomic mass is 16.5. The van der Waals surface area contributed by atoms with Gasteiger partial charge in [-0.3, -0.25) is 14.5 Å². The Morgan fingerprint density at radius 2 is 1.77 bits per heavy atom. The van der Waals surface area contributed by atoms with Gasteiger partial charge in [0.2, 0.25) is 0 Å². The molecule has 182 valence electrons. The summed E-state index contributed by atoms with van der Waals surface area (Å²) < 4.78 is 11.5. The topological polar surface area (TPSA) is 80.0 Å². The minimum absolute atomic E-state index is 0.00636. The molecule has 1 saturated heterocycles. The average Bonchev–Trinajstić information content (AvgIpc) is 3.44. The van der Waals surface area contributed by atoms with Crippen molar-refractivity contribution < 1.29 is 23.8 Å². The fourth-order valence-corrected chi connectivity index (χ4v) is 4.21. The lowest BCUT2D eigenvalue weighted by atomic mass is 9.98. The molecule has 1 aliphatic heterocycles. The quantitative estimate of drug-likeness (QED) is 0.245. The van der Waals surface area contributed by atoms with E-state index in [1.807, 2.05) is 31.2 Å². The summed E-state index contributed by atoms with van der Waals surface area (Å²) in [6, 6.07) is 15.3. The van der Waals surface area contributed by atoms with Gasteiger partial charge in [0, 0.05) is 11.3 Å². The van der Waals surface area contributed by atoms with Gasteiger partial charge < -0.3 is 14.3 Å². The maximum absolute atomic E-state index is 13.2. The van der Waals surface area contributed by atoms with E-state index >= 15 is 0 Å². The summed E-state index contributed by atoms with van der Waals surface area (Å²) in [4.78, 5) is 27.8. The number of hydrogen-bond donors (Lipinski definition) is 1. The SMILES string of the molecule is Cc1cc(/C(O)=C2/C(=O)C(=O)N(c3ccc(C(C)C)cc3)C2c2ccco2)ccc1OCC(C)C. The van der Waals surface area contributed by atoms with Gasteiger partial charge in [-0.05, 0) is 72.4 Å². The van der Waals surface area contributed by atoms with Crippen LogP contribution < -0.4 is 9.64 Å². The molecular formula is C29H31NO5. The smallest absolute Gasteiger partial charge is 0.300 e. The first-order valence-corrected chi connectivity index (χ1v) is 11.9. The molecule has 1 atom stereocenters. The molecule has 1 unspecified atom stereocenters. The number of Topliss-reactive ketones (excluding diaryl/α,β-unsaturated/α-hetero) is 1. The molecule has 0 spiro atoms. The van der Waals surface area contributed by atoms with Crippen molar-refractivity contribution in [1.29, 1.82) is 0 Å². The van der Waals surface area contributed by atoms with Gasteiger partial charge >= 0.3 is 0 Å². The molecule has 1 amide bonds. The van der Waals surface area contributed by atoms with E-state index in [0.29, 0.717) is 41.2 Å². The first kappa shape index (κ1) is 24.3. The summed E-state index contributed by atoms with van der Waals surface area (Å²) in [7, 11) is 0. The summed E-state index contributed by atoms with van der Waals surface area (Å²) in [6.45, 7) is 10.8. The predicted octanol–water partition coefficient (Wildman–Crippen LogP) is 6.37.